The predicted molar refractivity (Wildman–Crippen MR) is 78.8 cm³/mol. The molecule has 0 fully saturated rings. The van der Waals surface area contributed by atoms with Crippen LogP contribution in [0.1, 0.15) is 25.7 Å². The Bertz CT molecular complexity index is 479. The second-order valence-electron chi connectivity index (χ2n) is 4.57. The lowest BCUT2D eigenvalue weighted by Gasteiger charge is -2.14. The Morgan fingerprint density at radius 3 is 2.55 bits per heavy atom. The Hall–Kier alpha value is -1.96. The molecule has 0 unspecified atom stereocenters. The van der Waals surface area contributed by atoms with Gasteiger partial charge in [-0.25, -0.2) is 0 Å². The summed E-state index contributed by atoms with van der Waals surface area (Å²) in [6.45, 7) is 0.634. The summed E-state index contributed by atoms with van der Waals surface area (Å²) in [7, 11) is 0. The van der Waals surface area contributed by atoms with Crippen molar-refractivity contribution in [3.05, 3.63) is 24.3 Å². The van der Waals surface area contributed by atoms with Gasteiger partial charge in [0.25, 0.3) is 0 Å². The fraction of sp³-hybridized carbons (Fsp3) is 0.500. The number of benzene rings is 1. The average molecular weight is 319 g/mol. The van der Waals surface area contributed by atoms with Gasteiger partial charge in [0.1, 0.15) is 0 Å². The number of anilines is 1. The van der Waals surface area contributed by atoms with E-state index in [4.69, 9.17) is 10.8 Å². The van der Waals surface area contributed by atoms with Crippen LogP contribution in [0.5, 0.6) is 5.75 Å². The molecule has 1 rings (SSSR count). The molecule has 1 aromatic rings. The fourth-order valence-electron chi connectivity index (χ4n) is 1.74. The lowest BCUT2D eigenvalue weighted by atomic mass is 10.2. The summed E-state index contributed by atoms with van der Waals surface area (Å²) in [5.41, 5.74) is 5.74. The summed E-state index contributed by atoms with van der Waals surface area (Å²) in [6, 6.07) is 5.61. The van der Waals surface area contributed by atoms with E-state index in [9.17, 15) is 13.2 Å². The summed E-state index contributed by atoms with van der Waals surface area (Å²) < 4.78 is 40.7. The molecule has 0 aliphatic heterocycles. The molecule has 0 aromatic heterocycles. The molecular weight excluding hydrogens is 299 g/mol. The number of nitrogens with two attached hydrogens (primary N) is 1. The number of hydrogen-bond acceptors (Lipinski definition) is 3. The monoisotopic (exact) mass is 319 g/mol. The molecule has 5 nitrogen and oxygen atoms in total. The van der Waals surface area contributed by atoms with E-state index in [0.29, 0.717) is 6.54 Å². The lowest BCUT2D eigenvalue weighted by molar-refractivity contribution is -0.274. The number of rotatable bonds is 8. The SMILES string of the molecule is NC(=NCCCCCCO)Nc1ccccc1OC(F)(F)F. The molecule has 0 saturated carbocycles. The first-order chi connectivity index (χ1) is 10.4. The van der Waals surface area contributed by atoms with Crippen LogP contribution in [0.3, 0.4) is 0 Å². The van der Waals surface area contributed by atoms with Crippen molar-refractivity contribution in [2.45, 2.75) is 32.0 Å². The fourth-order valence-corrected chi connectivity index (χ4v) is 1.74. The van der Waals surface area contributed by atoms with Gasteiger partial charge in [0.05, 0.1) is 5.69 Å². The van der Waals surface area contributed by atoms with Gasteiger partial charge in [0.2, 0.25) is 0 Å². The van der Waals surface area contributed by atoms with Crippen LogP contribution in [-0.2, 0) is 0 Å². The molecular formula is C14H20F3N3O2. The summed E-state index contributed by atoms with van der Waals surface area (Å²) in [5.74, 6) is -0.337. The highest BCUT2D eigenvalue weighted by Crippen LogP contribution is 2.29. The zero-order valence-corrected chi connectivity index (χ0v) is 12.1. The maximum absolute atomic E-state index is 12.3. The van der Waals surface area contributed by atoms with Crippen LogP contribution in [0.15, 0.2) is 29.3 Å². The first-order valence-electron chi connectivity index (χ1n) is 6.95. The van der Waals surface area contributed by atoms with Crippen LogP contribution in [0.4, 0.5) is 18.9 Å². The molecule has 0 heterocycles. The normalized spacial score (nSPS) is 12.3. The molecule has 22 heavy (non-hydrogen) atoms. The van der Waals surface area contributed by atoms with Crippen molar-refractivity contribution in [3.8, 4) is 5.75 Å². The number of unbranched alkanes of at least 4 members (excludes halogenated alkanes) is 3. The molecule has 0 atom stereocenters. The summed E-state index contributed by atoms with van der Waals surface area (Å²) in [6.07, 6.45) is -1.41. The van der Waals surface area contributed by atoms with Crippen LogP contribution in [0.2, 0.25) is 0 Å². The standard InChI is InChI=1S/C14H20F3N3O2/c15-14(16,17)22-12-8-4-3-7-11(12)20-13(18)19-9-5-1-2-6-10-21/h3-4,7-8,21H,1-2,5-6,9-10H2,(H3,18,19,20). The van der Waals surface area contributed by atoms with Gasteiger partial charge in [0, 0.05) is 13.2 Å². The third-order valence-electron chi connectivity index (χ3n) is 2.72. The number of hydrogen-bond donors (Lipinski definition) is 3. The van der Waals surface area contributed by atoms with Crippen molar-refractivity contribution < 1.29 is 23.0 Å². The number of para-hydroxylation sites is 2. The van der Waals surface area contributed by atoms with E-state index in [1.807, 2.05) is 0 Å². The molecule has 4 N–H and O–H groups in total. The van der Waals surface area contributed by atoms with Crippen LogP contribution in [0.25, 0.3) is 0 Å². The molecule has 0 aliphatic rings. The van der Waals surface area contributed by atoms with Crippen LogP contribution >= 0.6 is 0 Å². The van der Waals surface area contributed by atoms with Crippen molar-refractivity contribution in [1.82, 2.24) is 0 Å². The number of alkyl halides is 3. The quantitative estimate of drug-likeness (QED) is 0.391. The Balaban J connectivity index is 2.51. The van der Waals surface area contributed by atoms with Crippen LogP contribution in [0, 0.1) is 0 Å². The van der Waals surface area contributed by atoms with Gasteiger partial charge in [0.15, 0.2) is 11.7 Å². The van der Waals surface area contributed by atoms with Gasteiger partial charge in [-0.3, -0.25) is 4.99 Å². The van der Waals surface area contributed by atoms with E-state index in [1.165, 1.54) is 18.2 Å². The van der Waals surface area contributed by atoms with Gasteiger partial charge in [-0.05, 0) is 25.0 Å². The number of aliphatic imine (C=N–C) groups is 1. The summed E-state index contributed by atoms with van der Waals surface area (Å²) in [5, 5.41) is 11.2. The van der Waals surface area contributed by atoms with E-state index in [2.05, 4.69) is 15.0 Å². The maximum Gasteiger partial charge on any atom is 0.573 e. The molecule has 1 aromatic carbocycles. The topological polar surface area (TPSA) is 79.9 Å². The summed E-state index contributed by atoms with van der Waals surface area (Å²) in [4.78, 5) is 4.04. The van der Waals surface area contributed by atoms with Crippen molar-refractivity contribution in [1.29, 1.82) is 0 Å². The number of ether oxygens (including phenoxy) is 1. The highest BCUT2D eigenvalue weighted by Gasteiger charge is 2.32. The van der Waals surface area contributed by atoms with Crippen LogP contribution in [-0.4, -0.2) is 30.6 Å². The number of halogens is 3. The molecule has 124 valence electrons. The van der Waals surface area contributed by atoms with Gasteiger partial charge in [-0.1, -0.05) is 25.0 Å². The van der Waals surface area contributed by atoms with E-state index >= 15 is 0 Å². The molecule has 0 bridgehead atoms. The number of aliphatic hydroxyl groups excluding tert-OH is 1. The molecule has 0 saturated heterocycles. The number of nitrogens with zero attached hydrogens (tertiary/aromatic N) is 1. The number of guanidine groups is 1. The third-order valence-corrected chi connectivity index (χ3v) is 2.72. The Labute approximate surface area is 127 Å². The van der Waals surface area contributed by atoms with Crippen LogP contribution < -0.4 is 15.8 Å². The molecule has 0 radical (unpaired) electrons. The van der Waals surface area contributed by atoms with Crippen molar-refractivity contribution in [3.63, 3.8) is 0 Å². The maximum atomic E-state index is 12.3. The molecule has 0 aliphatic carbocycles. The van der Waals surface area contributed by atoms with Gasteiger partial charge in [-0.2, -0.15) is 0 Å². The Morgan fingerprint density at radius 2 is 1.86 bits per heavy atom. The minimum atomic E-state index is -4.77. The second kappa shape index (κ2) is 9.14. The van der Waals surface area contributed by atoms with Crippen molar-refractivity contribution >= 4 is 11.6 Å². The van der Waals surface area contributed by atoms with Crippen molar-refractivity contribution in [2.75, 3.05) is 18.5 Å². The van der Waals surface area contributed by atoms with E-state index in [-0.39, 0.29) is 24.0 Å². The van der Waals surface area contributed by atoms with Gasteiger partial charge >= 0.3 is 6.36 Å². The van der Waals surface area contributed by atoms with Gasteiger partial charge in [-0.15, -0.1) is 13.2 Å². The highest BCUT2D eigenvalue weighted by molar-refractivity contribution is 5.93. The largest absolute Gasteiger partial charge is 0.573 e. The molecule has 0 amide bonds. The average Bonchev–Trinajstić information content (AvgIpc) is 2.43. The minimum Gasteiger partial charge on any atom is -0.404 e. The molecule has 8 heteroatoms. The smallest absolute Gasteiger partial charge is 0.404 e. The predicted octanol–water partition coefficient (Wildman–Crippen LogP) is 2.86. The lowest BCUT2D eigenvalue weighted by Crippen LogP contribution is -2.24. The molecule has 0 spiro atoms. The zero-order chi connectivity index (χ0) is 16.4. The first kappa shape index (κ1) is 18.1. The summed E-state index contributed by atoms with van der Waals surface area (Å²) >= 11 is 0. The number of aliphatic hydroxyl groups is 1. The van der Waals surface area contributed by atoms with Gasteiger partial charge < -0.3 is 20.9 Å². The van der Waals surface area contributed by atoms with E-state index in [1.54, 1.807) is 6.07 Å². The second-order valence-corrected chi connectivity index (χ2v) is 4.57. The zero-order valence-electron chi connectivity index (χ0n) is 12.1. The third kappa shape index (κ3) is 7.72. The Morgan fingerprint density at radius 1 is 1.18 bits per heavy atom. The number of nitrogens with one attached hydrogen (secondary N) is 1. The van der Waals surface area contributed by atoms with E-state index < -0.39 is 6.36 Å². The minimum absolute atomic E-state index is 0.0281. The highest BCUT2D eigenvalue weighted by atomic mass is 19.4. The van der Waals surface area contributed by atoms with E-state index in [0.717, 1.165) is 25.7 Å². The first-order valence-corrected chi connectivity index (χ1v) is 6.95. The Kier molecular flexibility index (Phi) is 7.51. The van der Waals surface area contributed by atoms with Crippen molar-refractivity contribution in [2.24, 2.45) is 10.7 Å².